The van der Waals surface area contributed by atoms with Crippen molar-refractivity contribution in [3.8, 4) is 0 Å². The van der Waals surface area contributed by atoms with E-state index in [0.717, 1.165) is 38.5 Å². The first kappa shape index (κ1) is 12.5. The average Bonchev–Trinajstić information content (AvgIpc) is 2.33. The smallest absolute Gasteiger partial charge is 0.142 e. The molecular formula is C13H22N4. The van der Waals surface area contributed by atoms with Gasteiger partial charge in [-0.3, -0.25) is 4.90 Å². The molecule has 0 unspecified atom stereocenters. The van der Waals surface area contributed by atoms with E-state index >= 15 is 0 Å². The van der Waals surface area contributed by atoms with Crippen molar-refractivity contribution in [2.24, 2.45) is 0 Å². The van der Waals surface area contributed by atoms with E-state index in [0.29, 0.717) is 5.92 Å². The van der Waals surface area contributed by atoms with E-state index in [1.54, 1.807) is 0 Å². The van der Waals surface area contributed by atoms with Crippen LogP contribution in [0.1, 0.15) is 31.2 Å². The van der Waals surface area contributed by atoms with Gasteiger partial charge in [0.15, 0.2) is 0 Å². The molecule has 0 aliphatic carbocycles. The van der Waals surface area contributed by atoms with Gasteiger partial charge in [-0.15, -0.1) is 0 Å². The third kappa shape index (κ3) is 3.48. The molecule has 1 aromatic rings. The number of rotatable bonds is 3. The van der Waals surface area contributed by atoms with Gasteiger partial charge in [-0.25, -0.2) is 9.97 Å². The van der Waals surface area contributed by atoms with Crippen LogP contribution in [0.15, 0.2) is 12.4 Å². The molecule has 0 atom stereocenters. The summed E-state index contributed by atoms with van der Waals surface area (Å²) in [6, 6.07) is 0. The highest BCUT2D eigenvalue weighted by Gasteiger charge is 2.14. The van der Waals surface area contributed by atoms with Gasteiger partial charge in [-0.1, -0.05) is 13.8 Å². The van der Waals surface area contributed by atoms with E-state index in [1.165, 1.54) is 5.56 Å². The second-order valence-corrected chi connectivity index (χ2v) is 5.17. The molecule has 1 aliphatic heterocycles. The summed E-state index contributed by atoms with van der Waals surface area (Å²) in [5, 5.41) is 0. The van der Waals surface area contributed by atoms with Gasteiger partial charge < -0.3 is 4.90 Å². The summed E-state index contributed by atoms with van der Waals surface area (Å²) in [5.74, 6) is 1.45. The van der Waals surface area contributed by atoms with Crippen molar-refractivity contribution in [2.75, 3.05) is 33.2 Å². The maximum Gasteiger partial charge on any atom is 0.142 e. The van der Waals surface area contributed by atoms with Crippen LogP contribution in [0.25, 0.3) is 0 Å². The second kappa shape index (κ2) is 5.56. The molecule has 2 heterocycles. The monoisotopic (exact) mass is 234 g/mol. The zero-order chi connectivity index (χ0) is 12.3. The lowest BCUT2D eigenvalue weighted by Crippen LogP contribution is -2.44. The number of hydrogen-bond acceptors (Lipinski definition) is 4. The van der Waals surface area contributed by atoms with Crippen LogP contribution in [0.3, 0.4) is 0 Å². The largest absolute Gasteiger partial charge is 0.304 e. The predicted molar refractivity (Wildman–Crippen MR) is 68.9 cm³/mol. The van der Waals surface area contributed by atoms with E-state index in [9.17, 15) is 0 Å². The lowest BCUT2D eigenvalue weighted by Gasteiger charge is -2.31. The fourth-order valence-corrected chi connectivity index (χ4v) is 1.95. The topological polar surface area (TPSA) is 32.3 Å². The Morgan fingerprint density at radius 1 is 1.12 bits per heavy atom. The molecule has 0 aromatic carbocycles. The van der Waals surface area contributed by atoms with Crippen LogP contribution in [0, 0.1) is 0 Å². The molecule has 2 rings (SSSR count). The molecule has 0 radical (unpaired) electrons. The van der Waals surface area contributed by atoms with E-state index in [1.807, 2.05) is 12.4 Å². The van der Waals surface area contributed by atoms with Crippen LogP contribution in [-0.2, 0) is 6.54 Å². The van der Waals surface area contributed by atoms with Crippen LogP contribution < -0.4 is 0 Å². The van der Waals surface area contributed by atoms with Crippen molar-refractivity contribution < 1.29 is 0 Å². The van der Waals surface area contributed by atoms with Gasteiger partial charge in [-0.2, -0.15) is 0 Å². The highest BCUT2D eigenvalue weighted by atomic mass is 15.2. The normalized spacial score (nSPS) is 18.8. The Morgan fingerprint density at radius 3 is 2.24 bits per heavy atom. The van der Waals surface area contributed by atoms with Gasteiger partial charge in [0.25, 0.3) is 0 Å². The molecule has 4 heteroatoms. The summed E-state index contributed by atoms with van der Waals surface area (Å²) < 4.78 is 0. The minimum atomic E-state index is 0.507. The molecule has 0 bridgehead atoms. The Labute approximate surface area is 104 Å². The summed E-state index contributed by atoms with van der Waals surface area (Å²) in [5.41, 5.74) is 1.21. The summed E-state index contributed by atoms with van der Waals surface area (Å²) in [6.07, 6.45) is 3.92. The molecule has 0 N–H and O–H groups in total. The third-order valence-electron chi connectivity index (χ3n) is 3.35. The number of aromatic nitrogens is 2. The summed E-state index contributed by atoms with van der Waals surface area (Å²) in [4.78, 5) is 13.7. The van der Waals surface area contributed by atoms with Gasteiger partial charge in [0.2, 0.25) is 0 Å². The van der Waals surface area contributed by atoms with Crippen molar-refractivity contribution in [2.45, 2.75) is 26.3 Å². The highest BCUT2D eigenvalue weighted by Crippen LogP contribution is 2.11. The van der Waals surface area contributed by atoms with Gasteiger partial charge in [-0.05, 0) is 18.5 Å². The van der Waals surface area contributed by atoms with Crippen LogP contribution in [0.2, 0.25) is 0 Å². The Morgan fingerprint density at radius 2 is 1.71 bits per heavy atom. The molecule has 0 saturated carbocycles. The molecule has 4 nitrogen and oxygen atoms in total. The molecule has 0 amide bonds. The number of likely N-dealkylation sites (N-methyl/N-ethyl adjacent to an activating group) is 1. The first-order valence-corrected chi connectivity index (χ1v) is 6.37. The van der Waals surface area contributed by atoms with Crippen LogP contribution in [-0.4, -0.2) is 53.0 Å². The molecular weight excluding hydrogens is 212 g/mol. The first-order chi connectivity index (χ1) is 8.15. The first-order valence-electron chi connectivity index (χ1n) is 6.37. The maximum absolute atomic E-state index is 4.45. The van der Waals surface area contributed by atoms with Crippen molar-refractivity contribution in [3.63, 3.8) is 0 Å². The summed E-state index contributed by atoms with van der Waals surface area (Å²) >= 11 is 0. The minimum absolute atomic E-state index is 0.507. The quantitative estimate of drug-likeness (QED) is 0.790. The summed E-state index contributed by atoms with van der Waals surface area (Å²) in [6.45, 7) is 9.73. The second-order valence-electron chi connectivity index (χ2n) is 5.17. The third-order valence-corrected chi connectivity index (χ3v) is 3.35. The molecule has 94 valence electrons. The Balaban J connectivity index is 1.90. The van der Waals surface area contributed by atoms with E-state index in [-0.39, 0.29) is 0 Å². The zero-order valence-corrected chi connectivity index (χ0v) is 11.1. The molecule has 17 heavy (non-hydrogen) atoms. The fourth-order valence-electron chi connectivity index (χ4n) is 1.95. The summed E-state index contributed by atoms with van der Waals surface area (Å²) in [7, 11) is 2.17. The van der Waals surface area contributed by atoms with Crippen LogP contribution in [0.4, 0.5) is 0 Å². The van der Waals surface area contributed by atoms with Gasteiger partial charge in [0.05, 0.1) is 6.54 Å². The number of nitrogens with zero attached hydrogens (tertiary/aromatic N) is 4. The predicted octanol–water partition coefficient (Wildman–Crippen LogP) is 1.35. The van der Waals surface area contributed by atoms with E-state index in [4.69, 9.17) is 0 Å². The molecule has 1 fully saturated rings. The highest BCUT2D eigenvalue weighted by molar-refractivity contribution is 5.09. The molecule has 1 aromatic heterocycles. The average molecular weight is 234 g/mol. The van der Waals surface area contributed by atoms with E-state index in [2.05, 4.69) is 40.7 Å². The minimum Gasteiger partial charge on any atom is -0.304 e. The Bertz CT molecular complexity index is 339. The number of hydrogen-bond donors (Lipinski definition) is 0. The van der Waals surface area contributed by atoms with E-state index < -0.39 is 0 Å². The Kier molecular flexibility index (Phi) is 4.07. The van der Waals surface area contributed by atoms with Gasteiger partial charge in [0, 0.05) is 38.6 Å². The lowest BCUT2D eigenvalue weighted by atomic mass is 10.1. The molecule has 0 spiro atoms. The van der Waals surface area contributed by atoms with Crippen LogP contribution >= 0.6 is 0 Å². The van der Waals surface area contributed by atoms with Crippen molar-refractivity contribution in [1.29, 1.82) is 0 Å². The Hall–Kier alpha value is -1.00. The maximum atomic E-state index is 4.45. The lowest BCUT2D eigenvalue weighted by molar-refractivity contribution is 0.145. The van der Waals surface area contributed by atoms with Gasteiger partial charge in [0.1, 0.15) is 5.82 Å². The zero-order valence-electron chi connectivity index (χ0n) is 11.1. The molecule has 1 aliphatic rings. The van der Waals surface area contributed by atoms with Crippen molar-refractivity contribution in [1.82, 2.24) is 19.8 Å². The fraction of sp³-hybridized carbons (Fsp3) is 0.692. The van der Waals surface area contributed by atoms with Crippen molar-refractivity contribution in [3.05, 3.63) is 23.8 Å². The van der Waals surface area contributed by atoms with Crippen LogP contribution in [0.5, 0.6) is 0 Å². The molecule has 1 saturated heterocycles. The SMILES string of the molecule is CC(C)c1cnc(CN2CCN(C)CC2)nc1. The number of piperazine rings is 1. The van der Waals surface area contributed by atoms with Gasteiger partial charge >= 0.3 is 0 Å². The van der Waals surface area contributed by atoms with Crippen molar-refractivity contribution >= 4 is 0 Å². The standard InChI is InChI=1S/C13H22N4/c1-11(2)12-8-14-13(15-9-12)10-17-6-4-16(3)5-7-17/h8-9,11H,4-7,10H2,1-3H3.